The fourth-order valence-electron chi connectivity index (χ4n) is 2.24. The van der Waals surface area contributed by atoms with Gasteiger partial charge in [-0.05, 0) is 59.2 Å². The Morgan fingerprint density at radius 3 is 2.35 bits per heavy atom. The van der Waals surface area contributed by atoms with Crippen LogP contribution < -0.4 is 5.73 Å². The van der Waals surface area contributed by atoms with Crippen molar-refractivity contribution >= 4 is 12.7 Å². The highest BCUT2D eigenvalue weighted by molar-refractivity contribution is 6.84. The van der Waals surface area contributed by atoms with Crippen molar-refractivity contribution in [2.75, 3.05) is 6.61 Å². The van der Waals surface area contributed by atoms with E-state index < -0.39 is 7.12 Å². The first-order chi connectivity index (χ1) is 9.36. The van der Waals surface area contributed by atoms with Gasteiger partial charge in [0.05, 0.1) is 16.8 Å². The minimum absolute atomic E-state index is 0.117. The zero-order chi connectivity index (χ0) is 14.8. The van der Waals surface area contributed by atoms with Crippen LogP contribution in [0.4, 0.5) is 0 Å². The summed E-state index contributed by atoms with van der Waals surface area (Å²) >= 11 is 0. The van der Waals surface area contributed by atoms with Gasteiger partial charge in [-0.1, -0.05) is 0 Å². The molecule has 0 radical (unpaired) electrons. The first kappa shape index (κ1) is 15.5. The molecule has 0 aliphatic carbocycles. The number of ether oxygens (including phenoxy) is 1. The molecule has 5 nitrogen and oxygen atoms in total. The minimum atomic E-state index is -0.495. The second-order valence-corrected chi connectivity index (χ2v) is 6.32. The highest BCUT2D eigenvalue weighted by atomic mass is 16.7. The van der Waals surface area contributed by atoms with Gasteiger partial charge in [0, 0.05) is 6.61 Å². The Bertz CT molecular complexity index is 385. The first-order valence-electron chi connectivity index (χ1n) is 7.29. The average molecular weight is 280 g/mol. The molecule has 2 aliphatic heterocycles. The fraction of sp³-hybridized carbons (Fsp3) is 0.786. The third-order valence-corrected chi connectivity index (χ3v) is 4.21. The largest absolute Gasteiger partial charge is 0.514 e. The monoisotopic (exact) mass is 280 g/mol. The SMILES string of the molecule is CC1(C)OB(C(C=CN)=NC2CCCCO2)OC1(C)C. The predicted molar refractivity (Wildman–Crippen MR) is 80.4 cm³/mol. The van der Waals surface area contributed by atoms with E-state index in [4.69, 9.17) is 19.8 Å². The molecule has 0 amide bonds. The second kappa shape index (κ2) is 5.88. The van der Waals surface area contributed by atoms with Gasteiger partial charge in [-0.15, -0.1) is 0 Å². The van der Waals surface area contributed by atoms with Gasteiger partial charge in [0.1, 0.15) is 6.23 Å². The lowest BCUT2D eigenvalue weighted by atomic mass is 9.81. The van der Waals surface area contributed by atoms with Crippen molar-refractivity contribution in [1.82, 2.24) is 0 Å². The van der Waals surface area contributed by atoms with Gasteiger partial charge in [-0.25, -0.2) is 0 Å². The molecule has 0 aromatic carbocycles. The van der Waals surface area contributed by atoms with E-state index in [0.29, 0.717) is 5.61 Å². The van der Waals surface area contributed by atoms with Crippen LogP contribution in [0.2, 0.25) is 0 Å². The van der Waals surface area contributed by atoms with E-state index in [1.165, 1.54) is 6.20 Å². The molecular weight excluding hydrogens is 255 g/mol. The minimum Gasteiger partial charge on any atom is -0.405 e. The van der Waals surface area contributed by atoms with E-state index in [2.05, 4.69) is 4.99 Å². The third kappa shape index (κ3) is 3.24. The summed E-state index contributed by atoms with van der Waals surface area (Å²) < 4.78 is 17.7. The van der Waals surface area contributed by atoms with Gasteiger partial charge in [-0.2, -0.15) is 0 Å². The molecule has 112 valence electrons. The molecule has 0 aromatic heterocycles. The number of hydrogen-bond donors (Lipinski definition) is 1. The molecule has 0 spiro atoms. The lowest BCUT2D eigenvalue weighted by Crippen LogP contribution is -2.41. The van der Waals surface area contributed by atoms with Crippen molar-refractivity contribution in [1.29, 1.82) is 0 Å². The van der Waals surface area contributed by atoms with Gasteiger partial charge in [0.15, 0.2) is 0 Å². The van der Waals surface area contributed by atoms with Crippen molar-refractivity contribution in [2.24, 2.45) is 10.7 Å². The topological polar surface area (TPSA) is 66.1 Å². The summed E-state index contributed by atoms with van der Waals surface area (Å²) in [5.74, 6) is 0. The number of nitrogens with two attached hydrogens (primary N) is 1. The lowest BCUT2D eigenvalue weighted by molar-refractivity contribution is 0.00578. The molecular formula is C14H25BN2O3. The van der Waals surface area contributed by atoms with Crippen LogP contribution in [0.1, 0.15) is 47.0 Å². The van der Waals surface area contributed by atoms with Gasteiger partial charge >= 0.3 is 7.12 Å². The zero-order valence-electron chi connectivity index (χ0n) is 12.9. The zero-order valence-corrected chi connectivity index (χ0v) is 12.9. The van der Waals surface area contributed by atoms with Crippen LogP contribution in [-0.2, 0) is 14.0 Å². The molecule has 2 heterocycles. The van der Waals surface area contributed by atoms with Crippen molar-refractivity contribution in [3.63, 3.8) is 0 Å². The number of allylic oxidation sites excluding steroid dienone is 1. The van der Waals surface area contributed by atoms with Gasteiger partial charge in [-0.3, -0.25) is 4.99 Å². The van der Waals surface area contributed by atoms with Crippen molar-refractivity contribution in [3.8, 4) is 0 Å². The Labute approximate surface area is 121 Å². The molecule has 6 heteroatoms. The first-order valence-corrected chi connectivity index (χ1v) is 7.29. The molecule has 2 aliphatic rings. The third-order valence-electron chi connectivity index (χ3n) is 4.21. The maximum atomic E-state index is 6.00. The molecule has 2 fully saturated rings. The molecule has 2 rings (SSSR count). The molecule has 2 N–H and O–H groups in total. The Morgan fingerprint density at radius 1 is 1.20 bits per heavy atom. The predicted octanol–water partition coefficient (Wildman–Crippen LogP) is 2.06. The van der Waals surface area contributed by atoms with Gasteiger partial charge in [0.25, 0.3) is 0 Å². The molecule has 20 heavy (non-hydrogen) atoms. The fourth-order valence-corrected chi connectivity index (χ4v) is 2.24. The average Bonchev–Trinajstić information content (AvgIpc) is 2.59. The van der Waals surface area contributed by atoms with E-state index in [1.807, 2.05) is 27.7 Å². The number of nitrogens with zero attached hydrogens (tertiary/aromatic N) is 1. The normalized spacial score (nSPS) is 30.1. The number of hydrogen-bond acceptors (Lipinski definition) is 5. The number of rotatable bonds is 3. The van der Waals surface area contributed by atoms with Gasteiger partial charge in [0.2, 0.25) is 0 Å². The van der Waals surface area contributed by atoms with Crippen LogP contribution in [0, 0.1) is 0 Å². The standard InChI is InChI=1S/C14H25BN2O3/c1-13(2)14(3,4)20-15(19-13)11(8-9-16)17-12-7-5-6-10-18-12/h8-9,12H,5-7,10,16H2,1-4H3. The van der Waals surface area contributed by atoms with E-state index in [-0.39, 0.29) is 17.4 Å². The van der Waals surface area contributed by atoms with Crippen LogP contribution in [0.3, 0.4) is 0 Å². The maximum absolute atomic E-state index is 6.00. The summed E-state index contributed by atoms with van der Waals surface area (Å²) in [7, 11) is -0.495. The van der Waals surface area contributed by atoms with Crippen molar-refractivity contribution < 1.29 is 14.0 Å². The van der Waals surface area contributed by atoms with E-state index in [1.54, 1.807) is 6.08 Å². The molecule has 0 saturated carbocycles. The highest BCUT2D eigenvalue weighted by Crippen LogP contribution is 2.37. The van der Waals surface area contributed by atoms with Crippen LogP contribution in [0.5, 0.6) is 0 Å². The molecule has 1 unspecified atom stereocenters. The van der Waals surface area contributed by atoms with Crippen LogP contribution in [0.15, 0.2) is 17.3 Å². The van der Waals surface area contributed by atoms with E-state index >= 15 is 0 Å². The van der Waals surface area contributed by atoms with Crippen LogP contribution >= 0.6 is 0 Å². The smallest absolute Gasteiger partial charge is 0.405 e. The molecule has 0 aromatic rings. The summed E-state index contributed by atoms with van der Waals surface area (Å²) in [4.78, 5) is 4.62. The lowest BCUT2D eigenvalue weighted by Gasteiger charge is -2.32. The summed E-state index contributed by atoms with van der Waals surface area (Å²) in [6, 6.07) is 0. The summed E-state index contributed by atoms with van der Waals surface area (Å²) in [5, 5.41) is 0. The van der Waals surface area contributed by atoms with Crippen LogP contribution in [0.25, 0.3) is 0 Å². The molecule has 0 bridgehead atoms. The Hall–Kier alpha value is -0.845. The molecule has 1 atom stereocenters. The maximum Gasteiger partial charge on any atom is 0.514 e. The summed E-state index contributed by atoms with van der Waals surface area (Å²) in [5.41, 5.74) is 5.46. The van der Waals surface area contributed by atoms with Crippen molar-refractivity contribution in [2.45, 2.75) is 64.4 Å². The number of aliphatic imine (C=N–C) groups is 1. The van der Waals surface area contributed by atoms with E-state index in [0.717, 1.165) is 25.9 Å². The van der Waals surface area contributed by atoms with E-state index in [9.17, 15) is 0 Å². The van der Waals surface area contributed by atoms with Crippen molar-refractivity contribution in [3.05, 3.63) is 12.3 Å². The molecule has 2 saturated heterocycles. The second-order valence-electron chi connectivity index (χ2n) is 6.32. The summed E-state index contributed by atoms with van der Waals surface area (Å²) in [6.45, 7) is 8.85. The Kier molecular flexibility index (Phi) is 4.57. The van der Waals surface area contributed by atoms with Crippen LogP contribution in [-0.4, -0.2) is 36.8 Å². The quantitative estimate of drug-likeness (QED) is 0.634. The summed E-state index contributed by atoms with van der Waals surface area (Å²) in [6.07, 6.45) is 6.25. The Morgan fingerprint density at radius 2 is 1.85 bits per heavy atom. The Balaban J connectivity index is 2.15. The highest BCUT2D eigenvalue weighted by Gasteiger charge is 2.52. The van der Waals surface area contributed by atoms with Gasteiger partial charge < -0.3 is 19.8 Å².